The number of nitrogens with zero attached hydrogens (tertiary/aromatic N) is 1. The molecule has 2 rings (SSSR count). The number of hydrogen-bond donors (Lipinski definition) is 1. The molecular weight excluding hydrogens is 264 g/mol. The van der Waals surface area contributed by atoms with Crippen LogP contribution in [0.15, 0.2) is 40.9 Å². The Morgan fingerprint density at radius 2 is 2.06 bits per heavy atom. The fourth-order valence-corrected chi connectivity index (χ4v) is 2.08. The Morgan fingerprint density at radius 1 is 1.25 bits per heavy atom. The van der Waals surface area contributed by atoms with E-state index in [1.54, 1.807) is 0 Å². The minimum absolute atomic E-state index is 0.462. The van der Waals surface area contributed by atoms with Crippen molar-refractivity contribution in [2.45, 2.75) is 13.5 Å². The molecule has 2 N–H and O–H groups in total. The zero-order valence-electron chi connectivity index (χ0n) is 9.07. The van der Waals surface area contributed by atoms with Crippen molar-refractivity contribution in [3.05, 3.63) is 52.3 Å². The van der Waals surface area contributed by atoms with Gasteiger partial charge in [-0.2, -0.15) is 0 Å². The molecule has 3 heteroatoms. The summed E-state index contributed by atoms with van der Waals surface area (Å²) in [5.74, 6) is 0. The Bertz CT molecular complexity index is 509. The van der Waals surface area contributed by atoms with Gasteiger partial charge in [0.25, 0.3) is 0 Å². The number of aryl methyl sites for hydroxylation is 1. The first-order chi connectivity index (χ1) is 7.70. The molecule has 0 radical (unpaired) electrons. The molecule has 0 saturated carbocycles. The highest BCUT2D eigenvalue weighted by molar-refractivity contribution is 9.10. The number of hydrogen-bond acceptors (Lipinski definition) is 2. The fourth-order valence-electron chi connectivity index (χ4n) is 1.68. The highest BCUT2D eigenvalue weighted by Gasteiger charge is 2.05. The maximum Gasteiger partial charge on any atom is 0.0620 e. The van der Waals surface area contributed by atoms with E-state index < -0.39 is 0 Å². The summed E-state index contributed by atoms with van der Waals surface area (Å²) in [5.41, 5.74) is 9.91. The normalized spacial score (nSPS) is 10.4. The van der Waals surface area contributed by atoms with E-state index in [2.05, 4.69) is 39.1 Å². The van der Waals surface area contributed by atoms with E-state index in [-0.39, 0.29) is 0 Å². The summed E-state index contributed by atoms with van der Waals surface area (Å²) in [6.45, 7) is 2.44. The number of aromatic nitrogens is 1. The molecule has 0 aliphatic rings. The van der Waals surface area contributed by atoms with Gasteiger partial charge in [0, 0.05) is 22.3 Å². The first-order valence-electron chi connectivity index (χ1n) is 5.13. The predicted octanol–water partition coefficient (Wildman–Crippen LogP) is 3.28. The van der Waals surface area contributed by atoms with Gasteiger partial charge >= 0.3 is 0 Å². The summed E-state index contributed by atoms with van der Waals surface area (Å²) in [6, 6.07) is 12.2. The van der Waals surface area contributed by atoms with Crippen LogP contribution in [0.2, 0.25) is 0 Å². The summed E-state index contributed by atoms with van der Waals surface area (Å²) in [7, 11) is 0. The van der Waals surface area contributed by atoms with Crippen molar-refractivity contribution in [1.29, 1.82) is 0 Å². The van der Waals surface area contributed by atoms with E-state index in [0.29, 0.717) is 6.54 Å². The Kier molecular flexibility index (Phi) is 3.36. The van der Waals surface area contributed by atoms with Crippen molar-refractivity contribution in [1.82, 2.24) is 4.98 Å². The fraction of sp³-hybridized carbons (Fsp3) is 0.154. The van der Waals surface area contributed by atoms with Gasteiger partial charge in [-0.25, -0.2) is 0 Å². The molecular formula is C13H13BrN2. The zero-order chi connectivity index (χ0) is 11.5. The van der Waals surface area contributed by atoms with Gasteiger partial charge in [-0.3, -0.25) is 4.98 Å². The smallest absolute Gasteiger partial charge is 0.0620 e. The van der Waals surface area contributed by atoms with E-state index in [1.165, 1.54) is 0 Å². The van der Waals surface area contributed by atoms with Crippen LogP contribution in [0.3, 0.4) is 0 Å². The largest absolute Gasteiger partial charge is 0.325 e. The summed E-state index contributed by atoms with van der Waals surface area (Å²) in [5, 5.41) is 0. The molecule has 0 aliphatic heterocycles. The van der Waals surface area contributed by atoms with Crippen molar-refractivity contribution in [2.24, 2.45) is 5.73 Å². The summed E-state index contributed by atoms with van der Waals surface area (Å²) < 4.78 is 1.06. The lowest BCUT2D eigenvalue weighted by Crippen LogP contribution is -2.03. The van der Waals surface area contributed by atoms with Crippen LogP contribution in [-0.2, 0) is 6.54 Å². The quantitative estimate of drug-likeness (QED) is 0.914. The number of rotatable bonds is 2. The lowest BCUT2D eigenvalue weighted by molar-refractivity contribution is 0.973. The molecule has 1 aromatic heterocycles. The Labute approximate surface area is 104 Å². The monoisotopic (exact) mass is 276 g/mol. The number of nitrogens with two attached hydrogens (primary N) is 1. The van der Waals surface area contributed by atoms with Gasteiger partial charge in [0.2, 0.25) is 0 Å². The predicted molar refractivity (Wildman–Crippen MR) is 70.0 cm³/mol. The zero-order valence-corrected chi connectivity index (χ0v) is 10.7. The third kappa shape index (κ3) is 2.31. The molecule has 0 aliphatic carbocycles. The average molecular weight is 277 g/mol. The lowest BCUT2D eigenvalue weighted by Gasteiger charge is -2.08. The van der Waals surface area contributed by atoms with Crippen LogP contribution in [0, 0.1) is 6.92 Å². The molecule has 0 fully saturated rings. The van der Waals surface area contributed by atoms with Crippen LogP contribution in [0.4, 0.5) is 0 Å². The summed E-state index contributed by atoms with van der Waals surface area (Å²) in [6.07, 6.45) is 0. The topological polar surface area (TPSA) is 38.9 Å². The molecule has 16 heavy (non-hydrogen) atoms. The minimum Gasteiger partial charge on any atom is -0.325 e. The average Bonchev–Trinajstić information content (AvgIpc) is 2.28. The van der Waals surface area contributed by atoms with Crippen molar-refractivity contribution < 1.29 is 0 Å². The van der Waals surface area contributed by atoms with E-state index in [9.17, 15) is 0 Å². The first kappa shape index (κ1) is 11.3. The summed E-state index contributed by atoms with van der Waals surface area (Å²) >= 11 is 3.47. The number of benzene rings is 1. The second-order valence-corrected chi connectivity index (χ2v) is 4.58. The van der Waals surface area contributed by atoms with Crippen molar-refractivity contribution in [3.8, 4) is 11.1 Å². The SMILES string of the molecule is Cc1ccc(-c2cccc(Br)c2)c(CN)n1. The highest BCUT2D eigenvalue weighted by Crippen LogP contribution is 2.25. The third-order valence-corrected chi connectivity index (χ3v) is 2.94. The summed E-state index contributed by atoms with van der Waals surface area (Å²) in [4.78, 5) is 4.46. The highest BCUT2D eigenvalue weighted by atomic mass is 79.9. The van der Waals surface area contributed by atoms with Gasteiger partial charge < -0.3 is 5.73 Å². The van der Waals surface area contributed by atoms with Crippen LogP contribution in [0.5, 0.6) is 0 Å². The van der Waals surface area contributed by atoms with E-state index in [1.807, 2.05) is 25.1 Å². The molecule has 82 valence electrons. The minimum atomic E-state index is 0.462. The Balaban J connectivity index is 2.55. The van der Waals surface area contributed by atoms with Gasteiger partial charge in [-0.15, -0.1) is 0 Å². The van der Waals surface area contributed by atoms with Crippen molar-refractivity contribution in [3.63, 3.8) is 0 Å². The van der Waals surface area contributed by atoms with Crippen LogP contribution in [0.1, 0.15) is 11.4 Å². The van der Waals surface area contributed by atoms with Gasteiger partial charge in [-0.1, -0.05) is 34.1 Å². The molecule has 0 unspecified atom stereocenters. The van der Waals surface area contributed by atoms with Crippen LogP contribution in [-0.4, -0.2) is 4.98 Å². The van der Waals surface area contributed by atoms with Gasteiger partial charge in [0.15, 0.2) is 0 Å². The van der Waals surface area contributed by atoms with Gasteiger partial charge in [0.05, 0.1) is 5.69 Å². The molecule has 0 atom stereocenters. The van der Waals surface area contributed by atoms with Gasteiger partial charge in [0.1, 0.15) is 0 Å². The maximum atomic E-state index is 5.72. The van der Waals surface area contributed by atoms with Crippen LogP contribution >= 0.6 is 15.9 Å². The Hall–Kier alpha value is -1.19. The second kappa shape index (κ2) is 4.76. The van der Waals surface area contributed by atoms with Crippen molar-refractivity contribution >= 4 is 15.9 Å². The second-order valence-electron chi connectivity index (χ2n) is 3.66. The molecule has 0 bridgehead atoms. The number of pyridine rings is 1. The first-order valence-corrected chi connectivity index (χ1v) is 5.92. The molecule has 2 aromatic rings. The third-order valence-electron chi connectivity index (χ3n) is 2.44. The lowest BCUT2D eigenvalue weighted by atomic mass is 10.0. The molecule has 1 aromatic carbocycles. The molecule has 0 saturated heterocycles. The number of halogens is 1. The molecule has 1 heterocycles. The van der Waals surface area contributed by atoms with E-state index in [4.69, 9.17) is 5.73 Å². The van der Waals surface area contributed by atoms with Crippen molar-refractivity contribution in [2.75, 3.05) is 0 Å². The van der Waals surface area contributed by atoms with Gasteiger partial charge in [-0.05, 0) is 30.7 Å². The van der Waals surface area contributed by atoms with E-state index >= 15 is 0 Å². The van der Waals surface area contributed by atoms with Crippen LogP contribution < -0.4 is 5.73 Å². The molecule has 0 amide bonds. The molecule has 0 spiro atoms. The van der Waals surface area contributed by atoms with E-state index in [0.717, 1.165) is 27.0 Å². The standard InChI is InChI=1S/C13H13BrN2/c1-9-5-6-12(13(8-15)16-9)10-3-2-4-11(14)7-10/h2-7H,8,15H2,1H3. The molecule has 2 nitrogen and oxygen atoms in total. The van der Waals surface area contributed by atoms with Crippen LogP contribution in [0.25, 0.3) is 11.1 Å². The Morgan fingerprint density at radius 3 is 2.75 bits per heavy atom. The maximum absolute atomic E-state index is 5.72.